The largest absolute Gasteiger partial charge is 0.481 e. The number of anilines is 3. The number of carbonyl (C=O) groups is 3. The Morgan fingerprint density at radius 3 is 1.10 bits per heavy atom. The van der Waals surface area contributed by atoms with E-state index in [-0.39, 0.29) is 23.5 Å². The molecule has 5 rings (SSSR count). The quantitative estimate of drug-likeness (QED) is 0.106. The molecule has 3 amide bonds. The first-order valence-electron chi connectivity index (χ1n) is 19.4. The van der Waals surface area contributed by atoms with Crippen LogP contribution in [-0.2, 0) is 14.4 Å². The van der Waals surface area contributed by atoms with E-state index in [1.54, 1.807) is 32.9 Å². The molecule has 10 heteroatoms. The maximum absolute atomic E-state index is 13.8. The number of amides is 3. The van der Waals surface area contributed by atoms with Crippen molar-refractivity contribution in [2.45, 2.75) is 101 Å². The van der Waals surface area contributed by atoms with Crippen LogP contribution in [0.2, 0.25) is 0 Å². The minimum Gasteiger partial charge on any atom is -0.481 e. The monoisotopic (exact) mass is 896 g/mol. The van der Waals surface area contributed by atoms with Gasteiger partial charge >= 0.3 is 21.2 Å². The van der Waals surface area contributed by atoms with Crippen LogP contribution < -0.4 is 51.4 Å². The summed E-state index contributed by atoms with van der Waals surface area (Å²) in [6.45, 7) is 22.9. The van der Waals surface area contributed by atoms with E-state index in [0.717, 1.165) is 70.7 Å². The number of hydrogen-bond donors (Lipinski definition) is 3. The molecule has 1 unspecified atom stereocenters. The maximum Gasteiger partial charge on any atom is 0.366 e. The zero-order chi connectivity index (χ0) is 42.4. The van der Waals surface area contributed by atoms with Crippen LogP contribution in [0.4, 0.5) is 17.1 Å². The first-order chi connectivity index (χ1) is 27.4. The number of nitrogens with one attached hydrogen (secondary N) is 3. The van der Waals surface area contributed by atoms with Gasteiger partial charge in [-0.2, -0.15) is 0 Å². The van der Waals surface area contributed by atoms with Gasteiger partial charge in [-0.3, -0.25) is 14.4 Å². The standard InChI is InChI=1S/C48H54IN3O6/c1-26-18-29(4)43(30(5)19-26)50-46(53)35(10)56-39-24-40(57-36(11)47(54)51-44-31(6)20-27(2)21-32(44)7)42(49-38-16-14-13-15-17-38)41(25-39)58-37(12)48(55)52-45-33(8)22-28(3)23-34(45)9/h13-25,35-37H,1-12H3,(H2-,50,51,52,53,54,55)/p+1/t35-,36-,37?/m1/s1. The van der Waals surface area contributed by atoms with Crippen molar-refractivity contribution in [1.82, 2.24) is 0 Å². The fraction of sp³-hybridized carbons (Fsp3) is 0.312. The molecule has 9 nitrogen and oxygen atoms in total. The minimum absolute atomic E-state index is 0.279. The molecule has 0 aliphatic heterocycles. The number of halogens is 1. The molecule has 3 N–H and O–H groups in total. The molecule has 0 heterocycles. The second-order valence-electron chi connectivity index (χ2n) is 15.2. The Balaban J connectivity index is 1.53. The summed E-state index contributed by atoms with van der Waals surface area (Å²) in [6, 6.07) is 25.5. The number of carbonyl (C=O) groups excluding carboxylic acids is 3. The smallest absolute Gasteiger partial charge is 0.366 e. The molecule has 0 saturated carbocycles. The number of ether oxygens (including phenoxy) is 3. The molecule has 5 aromatic rings. The van der Waals surface area contributed by atoms with Crippen molar-refractivity contribution in [3.05, 3.63) is 136 Å². The van der Waals surface area contributed by atoms with E-state index in [4.69, 9.17) is 14.2 Å². The molecule has 5 aromatic carbocycles. The van der Waals surface area contributed by atoms with Crippen LogP contribution >= 0.6 is 0 Å². The molecule has 0 bridgehead atoms. The van der Waals surface area contributed by atoms with Crippen molar-refractivity contribution in [3.63, 3.8) is 0 Å². The molecule has 0 radical (unpaired) electrons. The number of aryl methyl sites for hydroxylation is 9. The van der Waals surface area contributed by atoms with Gasteiger partial charge in [0.05, 0.1) is 0 Å². The summed E-state index contributed by atoms with van der Waals surface area (Å²) >= 11 is -0.984. The van der Waals surface area contributed by atoms with Gasteiger partial charge in [0.25, 0.3) is 21.3 Å². The average Bonchev–Trinajstić information content (AvgIpc) is 3.14. The predicted molar refractivity (Wildman–Crippen MR) is 228 cm³/mol. The van der Waals surface area contributed by atoms with E-state index < -0.39 is 39.5 Å². The normalized spacial score (nSPS) is 12.6. The lowest BCUT2D eigenvalue weighted by molar-refractivity contribution is -0.599. The second kappa shape index (κ2) is 18.9. The highest BCUT2D eigenvalue weighted by atomic mass is 127. The molecular formula is C48H55IN3O6+. The Morgan fingerprint density at radius 1 is 0.466 bits per heavy atom. The van der Waals surface area contributed by atoms with Gasteiger partial charge in [-0.25, -0.2) is 0 Å². The van der Waals surface area contributed by atoms with E-state index >= 15 is 0 Å². The van der Waals surface area contributed by atoms with Crippen LogP contribution in [0, 0.1) is 69.5 Å². The van der Waals surface area contributed by atoms with Crippen LogP contribution in [0.15, 0.2) is 78.9 Å². The predicted octanol–water partition coefficient (Wildman–Crippen LogP) is 6.81. The fourth-order valence-electron chi connectivity index (χ4n) is 7.02. The van der Waals surface area contributed by atoms with E-state index in [1.807, 2.05) is 129 Å². The SMILES string of the molecule is Cc1cc(C)c(NC(=O)C(C)Oc2cc(O[C@H](C)C(=O)Nc3c(C)cc(C)cc3C)cc(O[C@H](C)C(=O)Nc3c(C)cc(C)cc3C)c2[I+]c2ccccc2)c(C)c1. The highest BCUT2D eigenvalue weighted by Crippen LogP contribution is 2.32. The lowest BCUT2D eigenvalue weighted by atomic mass is 10.0. The average molecular weight is 897 g/mol. The van der Waals surface area contributed by atoms with Crippen LogP contribution in [0.5, 0.6) is 17.2 Å². The Kier molecular flexibility index (Phi) is 14.3. The highest BCUT2D eigenvalue weighted by Gasteiger charge is 2.33. The molecule has 0 aliphatic rings. The fourth-order valence-corrected chi connectivity index (χ4v) is 9.51. The van der Waals surface area contributed by atoms with Gasteiger partial charge in [0.1, 0.15) is 5.75 Å². The third-order valence-corrected chi connectivity index (χ3v) is 12.7. The zero-order valence-electron chi connectivity index (χ0n) is 35.6. The van der Waals surface area contributed by atoms with E-state index in [0.29, 0.717) is 15.1 Å². The zero-order valence-corrected chi connectivity index (χ0v) is 37.7. The molecule has 0 aromatic heterocycles. The molecule has 58 heavy (non-hydrogen) atoms. The minimum atomic E-state index is -0.984. The molecule has 0 saturated heterocycles. The second-order valence-corrected chi connectivity index (χ2v) is 18.1. The Morgan fingerprint density at radius 2 is 0.776 bits per heavy atom. The Hall–Kier alpha value is -5.36. The van der Waals surface area contributed by atoms with E-state index in [2.05, 4.69) is 16.0 Å². The van der Waals surface area contributed by atoms with Gasteiger partial charge in [-0.1, -0.05) is 71.3 Å². The van der Waals surface area contributed by atoms with Crippen molar-refractivity contribution in [2.24, 2.45) is 0 Å². The summed E-state index contributed by atoms with van der Waals surface area (Å²) in [4.78, 5) is 41.2. The highest BCUT2D eigenvalue weighted by molar-refractivity contribution is 5.97. The van der Waals surface area contributed by atoms with Crippen LogP contribution in [0.3, 0.4) is 0 Å². The topological polar surface area (TPSA) is 115 Å². The summed E-state index contributed by atoms with van der Waals surface area (Å²) in [5.41, 5.74) is 11.2. The summed E-state index contributed by atoms with van der Waals surface area (Å²) in [6.07, 6.45) is -2.82. The lowest BCUT2D eigenvalue weighted by Gasteiger charge is -2.22. The summed E-state index contributed by atoms with van der Waals surface area (Å²) in [5, 5.41) is 9.17. The first-order valence-corrected chi connectivity index (χ1v) is 21.6. The molecular weight excluding hydrogens is 841 g/mol. The van der Waals surface area contributed by atoms with Gasteiger partial charge in [0, 0.05) is 29.2 Å². The van der Waals surface area contributed by atoms with Crippen molar-refractivity contribution in [2.75, 3.05) is 16.0 Å². The van der Waals surface area contributed by atoms with Crippen molar-refractivity contribution < 1.29 is 49.8 Å². The summed E-state index contributed by atoms with van der Waals surface area (Å²) in [5.74, 6) is -0.00296. The van der Waals surface area contributed by atoms with Crippen molar-refractivity contribution in [3.8, 4) is 17.2 Å². The summed E-state index contributed by atoms with van der Waals surface area (Å²) < 4.78 is 21.2. The summed E-state index contributed by atoms with van der Waals surface area (Å²) in [7, 11) is 0. The number of benzene rings is 5. The number of rotatable bonds is 14. The van der Waals surface area contributed by atoms with Gasteiger partial charge < -0.3 is 30.2 Å². The van der Waals surface area contributed by atoms with Crippen LogP contribution in [0.25, 0.3) is 0 Å². The van der Waals surface area contributed by atoms with Crippen molar-refractivity contribution in [1.29, 1.82) is 0 Å². The maximum atomic E-state index is 13.8. The Bertz CT molecular complexity index is 2170. The van der Waals surface area contributed by atoms with Crippen LogP contribution in [0.1, 0.15) is 70.8 Å². The molecule has 3 atom stereocenters. The third-order valence-electron chi connectivity index (χ3n) is 9.72. The number of hydrogen-bond acceptors (Lipinski definition) is 6. The Labute approximate surface area is 353 Å². The van der Waals surface area contributed by atoms with Gasteiger partial charge in [-0.15, -0.1) is 0 Å². The van der Waals surface area contributed by atoms with Gasteiger partial charge in [0.2, 0.25) is 0 Å². The molecule has 0 spiro atoms. The van der Waals surface area contributed by atoms with Crippen molar-refractivity contribution >= 4 is 34.8 Å². The lowest BCUT2D eigenvalue weighted by Crippen LogP contribution is -3.61. The molecule has 0 fully saturated rings. The first kappa shape index (κ1) is 43.8. The van der Waals surface area contributed by atoms with Crippen LogP contribution in [-0.4, -0.2) is 36.0 Å². The van der Waals surface area contributed by atoms with E-state index in [9.17, 15) is 14.4 Å². The third kappa shape index (κ3) is 11.0. The van der Waals surface area contributed by atoms with Gasteiger partial charge in [-0.05, 0) is 129 Å². The molecule has 304 valence electrons. The molecule has 0 aliphatic carbocycles. The van der Waals surface area contributed by atoms with E-state index in [1.165, 1.54) is 0 Å². The van der Waals surface area contributed by atoms with Gasteiger partial charge in [0.15, 0.2) is 33.4 Å².